The van der Waals surface area contributed by atoms with Crippen LogP contribution in [0.4, 0.5) is 11.4 Å². The molecule has 1 amide bonds. The Morgan fingerprint density at radius 1 is 1.35 bits per heavy atom. The van der Waals surface area contributed by atoms with Crippen molar-refractivity contribution in [3.05, 3.63) is 33.9 Å². The molecule has 1 rings (SSSR count). The van der Waals surface area contributed by atoms with E-state index in [2.05, 4.69) is 10.1 Å². The number of anilines is 1. The molecule has 0 aromatic heterocycles. The maximum Gasteiger partial charge on any atom is 0.338 e. The molecule has 0 saturated heterocycles. The van der Waals surface area contributed by atoms with Crippen molar-refractivity contribution in [2.24, 2.45) is 5.73 Å². The second-order valence-corrected chi connectivity index (χ2v) is 4.69. The number of methoxy groups -OCH3 is 1. The summed E-state index contributed by atoms with van der Waals surface area (Å²) in [6.45, 7) is 2.97. The fraction of sp³-hybridized carbons (Fsp3) is 0.333. The summed E-state index contributed by atoms with van der Waals surface area (Å²) in [5.41, 5.74) is 4.18. The van der Waals surface area contributed by atoms with Crippen molar-refractivity contribution in [2.75, 3.05) is 12.4 Å². The highest BCUT2D eigenvalue weighted by molar-refractivity contribution is 5.99. The van der Waals surface area contributed by atoms with E-state index in [0.29, 0.717) is 0 Å². The number of nitrogens with zero attached hydrogens (tertiary/aromatic N) is 1. The van der Waals surface area contributed by atoms with Crippen molar-refractivity contribution in [3.8, 4) is 0 Å². The lowest BCUT2D eigenvalue weighted by molar-refractivity contribution is -0.384. The molecule has 0 fully saturated rings. The van der Waals surface area contributed by atoms with Gasteiger partial charge in [0, 0.05) is 17.8 Å². The standard InChI is InChI=1S/C12H15N3O5/c1-12(2,13)11(17)14-8-4-7(10(16)20-3)5-9(6-8)15(18)19/h4-6H,13H2,1-3H3,(H,14,17). The van der Waals surface area contributed by atoms with E-state index >= 15 is 0 Å². The van der Waals surface area contributed by atoms with Gasteiger partial charge in [-0.15, -0.1) is 0 Å². The first-order valence-corrected chi connectivity index (χ1v) is 5.63. The number of carbonyl (C=O) groups excluding carboxylic acids is 2. The van der Waals surface area contributed by atoms with Crippen LogP contribution in [0.15, 0.2) is 18.2 Å². The highest BCUT2D eigenvalue weighted by atomic mass is 16.6. The predicted molar refractivity (Wildman–Crippen MR) is 71.3 cm³/mol. The van der Waals surface area contributed by atoms with Gasteiger partial charge in [-0.2, -0.15) is 0 Å². The Morgan fingerprint density at radius 3 is 2.40 bits per heavy atom. The number of amides is 1. The molecule has 0 aliphatic carbocycles. The Bertz CT molecular complexity index is 563. The normalized spacial score (nSPS) is 10.8. The summed E-state index contributed by atoms with van der Waals surface area (Å²) in [6, 6.07) is 3.48. The van der Waals surface area contributed by atoms with E-state index in [1.165, 1.54) is 19.9 Å². The predicted octanol–water partition coefficient (Wildman–Crippen LogP) is 1.06. The SMILES string of the molecule is COC(=O)c1cc(NC(=O)C(C)(C)N)cc([N+](=O)[O-])c1. The number of benzene rings is 1. The third kappa shape index (κ3) is 3.75. The molecule has 0 radical (unpaired) electrons. The van der Waals surface area contributed by atoms with Gasteiger partial charge in [0.25, 0.3) is 5.69 Å². The van der Waals surface area contributed by atoms with Crippen molar-refractivity contribution in [1.82, 2.24) is 0 Å². The molecule has 1 aromatic rings. The molecule has 0 spiro atoms. The van der Waals surface area contributed by atoms with Gasteiger partial charge in [-0.1, -0.05) is 0 Å². The summed E-state index contributed by atoms with van der Waals surface area (Å²) in [5, 5.41) is 13.2. The first kappa shape index (κ1) is 15.6. The Hall–Kier alpha value is -2.48. The van der Waals surface area contributed by atoms with E-state index in [0.717, 1.165) is 19.2 Å². The van der Waals surface area contributed by atoms with Gasteiger partial charge in [-0.25, -0.2) is 4.79 Å². The number of nitrogens with one attached hydrogen (secondary N) is 1. The van der Waals surface area contributed by atoms with Gasteiger partial charge in [0.15, 0.2) is 0 Å². The first-order valence-electron chi connectivity index (χ1n) is 5.63. The Kier molecular flexibility index (Phi) is 4.41. The molecule has 0 saturated carbocycles. The first-order chi connectivity index (χ1) is 9.15. The Labute approximate surface area is 115 Å². The van der Waals surface area contributed by atoms with Crippen LogP contribution in [-0.4, -0.2) is 29.4 Å². The zero-order valence-corrected chi connectivity index (χ0v) is 11.3. The smallest absolute Gasteiger partial charge is 0.338 e. The molecule has 20 heavy (non-hydrogen) atoms. The second-order valence-electron chi connectivity index (χ2n) is 4.69. The van der Waals surface area contributed by atoms with Gasteiger partial charge in [0.2, 0.25) is 5.91 Å². The molecule has 1 aromatic carbocycles. The fourth-order valence-corrected chi connectivity index (χ4v) is 1.32. The van der Waals surface area contributed by atoms with E-state index in [1.807, 2.05) is 0 Å². The van der Waals surface area contributed by atoms with Crippen LogP contribution in [0, 0.1) is 10.1 Å². The molecule has 3 N–H and O–H groups in total. The van der Waals surface area contributed by atoms with Gasteiger partial charge >= 0.3 is 5.97 Å². The van der Waals surface area contributed by atoms with E-state index in [9.17, 15) is 19.7 Å². The van der Waals surface area contributed by atoms with Crippen LogP contribution in [0.5, 0.6) is 0 Å². The largest absolute Gasteiger partial charge is 0.465 e. The van der Waals surface area contributed by atoms with Crippen molar-refractivity contribution < 1.29 is 19.2 Å². The average molecular weight is 281 g/mol. The third-order valence-electron chi connectivity index (χ3n) is 2.39. The summed E-state index contributed by atoms with van der Waals surface area (Å²) in [7, 11) is 1.16. The fourth-order valence-electron chi connectivity index (χ4n) is 1.32. The summed E-state index contributed by atoms with van der Waals surface area (Å²) in [5.74, 6) is -1.27. The molecule has 0 aliphatic heterocycles. The number of hydrogen-bond acceptors (Lipinski definition) is 6. The summed E-state index contributed by atoms with van der Waals surface area (Å²) in [6.07, 6.45) is 0. The van der Waals surface area contributed by atoms with Crippen molar-refractivity contribution in [1.29, 1.82) is 0 Å². The van der Waals surface area contributed by atoms with Crippen molar-refractivity contribution >= 4 is 23.3 Å². The van der Waals surface area contributed by atoms with Gasteiger partial charge in [-0.3, -0.25) is 14.9 Å². The van der Waals surface area contributed by atoms with E-state index in [-0.39, 0.29) is 16.9 Å². The molecule has 8 heteroatoms. The summed E-state index contributed by atoms with van der Waals surface area (Å²) >= 11 is 0. The number of hydrogen-bond donors (Lipinski definition) is 2. The number of rotatable bonds is 4. The third-order valence-corrected chi connectivity index (χ3v) is 2.39. The number of nitro groups is 1. The molecule has 108 valence electrons. The van der Waals surface area contributed by atoms with E-state index < -0.39 is 22.3 Å². The zero-order valence-electron chi connectivity index (χ0n) is 11.3. The number of esters is 1. The monoisotopic (exact) mass is 281 g/mol. The zero-order chi connectivity index (χ0) is 15.5. The summed E-state index contributed by atoms with van der Waals surface area (Å²) < 4.78 is 4.50. The van der Waals surface area contributed by atoms with Gasteiger partial charge in [0.05, 0.1) is 23.1 Å². The molecular formula is C12H15N3O5. The molecule has 8 nitrogen and oxygen atoms in total. The van der Waals surface area contributed by atoms with Crippen LogP contribution >= 0.6 is 0 Å². The number of nitro benzene ring substituents is 1. The number of nitrogens with two attached hydrogens (primary N) is 1. The molecule has 0 aliphatic rings. The van der Waals surface area contributed by atoms with Gasteiger partial charge < -0.3 is 15.8 Å². The Balaban J connectivity index is 3.19. The minimum Gasteiger partial charge on any atom is -0.465 e. The molecule has 0 atom stereocenters. The summed E-state index contributed by atoms with van der Waals surface area (Å²) in [4.78, 5) is 33.3. The minimum atomic E-state index is -1.16. The quantitative estimate of drug-likeness (QED) is 0.483. The molecular weight excluding hydrogens is 266 g/mol. The van der Waals surface area contributed by atoms with Crippen LogP contribution < -0.4 is 11.1 Å². The number of non-ortho nitro benzene ring substituents is 1. The lowest BCUT2D eigenvalue weighted by Crippen LogP contribution is -2.45. The van der Waals surface area contributed by atoms with Crippen molar-refractivity contribution in [2.45, 2.75) is 19.4 Å². The number of ether oxygens (including phenoxy) is 1. The van der Waals surface area contributed by atoms with Crippen LogP contribution in [-0.2, 0) is 9.53 Å². The highest BCUT2D eigenvalue weighted by Crippen LogP contribution is 2.22. The van der Waals surface area contributed by atoms with Crippen LogP contribution in [0.2, 0.25) is 0 Å². The topological polar surface area (TPSA) is 125 Å². The van der Waals surface area contributed by atoms with Crippen LogP contribution in [0.25, 0.3) is 0 Å². The molecule has 0 heterocycles. The van der Waals surface area contributed by atoms with Crippen LogP contribution in [0.3, 0.4) is 0 Å². The van der Waals surface area contributed by atoms with E-state index in [4.69, 9.17) is 5.73 Å². The maximum atomic E-state index is 11.7. The second kappa shape index (κ2) is 5.66. The lowest BCUT2D eigenvalue weighted by atomic mass is 10.1. The Morgan fingerprint density at radius 2 is 1.95 bits per heavy atom. The number of carbonyl (C=O) groups is 2. The highest BCUT2D eigenvalue weighted by Gasteiger charge is 2.23. The van der Waals surface area contributed by atoms with Gasteiger partial charge in [-0.05, 0) is 19.9 Å². The lowest BCUT2D eigenvalue weighted by Gasteiger charge is -2.17. The maximum absolute atomic E-state index is 11.7. The van der Waals surface area contributed by atoms with Gasteiger partial charge in [0.1, 0.15) is 0 Å². The van der Waals surface area contributed by atoms with E-state index in [1.54, 1.807) is 0 Å². The minimum absolute atomic E-state index is 0.0353. The van der Waals surface area contributed by atoms with Crippen molar-refractivity contribution in [3.63, 3.8) is 0 Å². The van der Waals surface area contributed by atoms with Crippen LogP contribution in [0.1, 0.15) is 24.2 Å². The average Bonchev–Trinajstić information content (AvgIpc) is 2.36. The molecule has 0 unspecified atom stereocenters. The molecule has 0 bridgehead atoms.